The van der Waals surface area contributed by atoms with Gasteiger partial charge in [0.15, 0.2) is 0 Å². The molecule has 0 radical (unpaired) electrons. The highest BCUT2D eigenvalue weighted by Gasteiger charge is 2.15. The summed E-state index contributed by atoms with van der Waals surface area (Å²) in [6, 6.07) is 12.2. The van der Waals surface area contributed by atoms with Gasteiger partial charge in [0.25, 0.3) is 0 Å². The van der Waals surface area contributed by atoms with E-state index in [9.17, 15) is 4.79 Å². The molecular formula is C13H8Br2O3. The zero-order valence-corrected chi connectivity index (χ0v) is 12.2. The quantitative estimate of drug-likeness (QED) is 0.850. The molecule has 0 amide bonds. The fraction of sp³-hybridized carbons (Fsp3) is 0. The smallest absolute Gasteiger partial charge is 0.340 e. The lowest BCUT2D eigenvalue weighted by Crippen LogP contribution is -2.01. The Balaban J connectivity index is 2.37. The molecule has 0 aliphatic rings. The molecule has 2 rings (SSSR count). The second-order valence-corrected chi connectivity index (χ2v) is 5.24. The topological polar surface area (TPSA) is 46.5 Å². The first-order chi connectivity index (χ1) is 8.58. The lowest BCUT2D eigenvalue weighted by atomic mass is 10.2. The van der Waals surface area contributed by atoms with E-state index in [1.165, 1.54) is 0 Å². The molecule has 2 aromatic rings. The van der Waals surface area contributed by atoms with E-state index in [4.69, 9.17) is 9.84 Å². The van der Waals surface area contributed by atoms with E-state index in [1.807, 2.05) is 12.1 Å². The molecule has 0 aliphatic heterocycles. The Morgan fingerprint density at radius 2 is 1.72 bits per heavy atom. The SMILES string of the molecule is O=C(O)c1c(Br)cccc1Oc1ccc(Br)cc1. The van der Waals surface area contributed by atoms with E-state index < -0.39 is 5.97 Å². The van der Waals surface area contributed by atoms with Gasteiger partial charge in [-0.25, -0.2) is 4.79 Å². The van der Waals surface area contributed by atoms with Gasteiger partial charge in [-0.05, 0) is 52.3 Å². The molecule has 92 valence electrons. The normalized spacial score (nSPS) is 10.1. The van der Waals surface area contributed by atoms with Crippen molar-refractivity contribution in [3.63, 3.8) is 0 Å². The summed E-state index contributed by atoms with van der Waals surface area (Å²) in [5.74, 6) is -0.146. The van der Waals surface area contributed by atoms with Crippen molar-refractivity contribution in [1.82, 2.24) is 0 Å². The monoisotopic (exact) mass is 370 g/mol. The van der Waals surface area contributed by atoms with Crippen molar-refractivity contribution < 1.29 is 14.6 Å². The lowest BCUT2D eigenvalue weighted by Gasteiger charge is -2.09. The van der Waals surface area contributed by atoms with Crippen LogP contribution in [0.2, 0.25) is 0 Å². The number of ether oxygens (including phenoxy) is 1. The Hall–Kier alpha value is -1.33. The van der Waals surface area contributed by atoms with Crippen molar-refractivity contribution in [1.29, 1.82) is 0 Å². The average molecular weight is 372 g/mol. The van der Waals surface area contributed by atoms with Crippen molar-refractivity contribution in [3.05, 3.63) is 57.0 Å². The van der Waals surface area contributed by atoms with Gasteiger partial charge >= 0.3 is 5.97 Å². The van der Waals surface area contributed by atoms with Crippen molar-refractivity contribution >= 4 is 37.8 Å². The first kappa shape index (κ1) is 13.1. The Morgan fingerprint density at radius 1 is 1.06 bits per heavy atom. The van der Waals surface area contributed by atoms with Crippen LogP contribution in [0.1, 0.15) is 10.4 Å². The van der Waals surface area contributed by atoms with Gasteiger partial charge in [-0.15, -0.1) is 0 Å². The number of carboxylic acids is 1. The van der Waals surface area contributed by atoms with Gasteiger partial charge in [0, 0.05) is 8.95 Å². The number of hydrogen-bond donors (Lipinski definition) is 1. The fourth-order valence-corrected chi connectivity index (χ4v) is 2.21. The van der Waals surface area contributed by atoms with Crippen LogP contribution in [0.25, 0.3) is 0 Å². The standard InChI is InChI=1S/C13H8Br2O3/c14-8-4-6-9(7-5-8)18-11-3-1-2-10(15)12(11)13(16)17/h1-7H,(H,16,17). The summed E-state index contributed by atoms with van der Waals surface area (Å²) in [5, 5.41) is 9.15. The van der Waals surface area contributed by atoms with Crippen LogP contribution in [0.4, 0.5) is 0 Å². The molecule has 0 saturated heterocycles. The van der Waals surface area contributed by atoms with Crippen LogP contribution in [-0.2, 0) is 0 Å². The summed E-state index contributed by atoms with van der Waals surface area (Å²) in [6.45, 7) is 0. The van der Waals surface area contributed by atoms with Gasteiger partial charge < -0.3 is 9.84 Å². The predicted molar refractivity (Wildman–Crippen MR) is 75.3 cm³/mol. The number of carboxylic acid groups (broad SMARTS) is 1. The third kappa shape index (κ3) is 2.91. The van der Waals surface area contributed by atoms with Crippen LogP contribution in [0.5, 0.6) is 11.5 Å². The van der Waals surface area contributed by atoms with E-state index in [1.54, 1.807) is 30.3 Å². The molecule has 0 spiro atoms. The van der Waals surface area contributed by atoms with Gasteiger partial charge in [-0.2, -0.15) is 0 Å². The first-order valence-corrected chi connectivity index (χ1v) is 6.62. The molecule has 0 aromatic heterocycles. The molecule has 0 unspecified atom stereocenters. The van der Waals surface area contributed by atoms with Crippen LogP contribution >= 0.6 is 31.9 Å². The van der Waals surface area contributed by atoms with Crippen molar-refractivity contribution in [2.24, 2.45) is 0 Å². The Bertz CT molecular complexity index is 579. The van der Waals surface area contributed by atoms with Gasteiger partial charge in [0.2, 0.25) is 0 Å². The van der Waals surface area contributed by atoms with Gasteiger partial charge in [-0.3, -0.25) is 0 Å². The molecule has 0 saturated carbocycles. The molecule has 0 aliphatic carbocycles. The van der Waals surface area contributed by atoms with Crippen LogP contribution in [-0.4, -0.2) is 11.1 Å². The molecule has 1 N–H and O–H groups in total. The predicted octanol–water partition coefficient (Wildman–Crippen LogP) is 4.70. The van der Waals surface area contributed by atoms with E-state index in [2.05, 4.69) is 31.9 Å². The highest BCUT2D eigenvalue weighted by atomic mass is 79.9. The van der Waals surface area contributed by atoms with Gasteiger partial charge in [0.05, 0.1) is 0 Å². The zero-order chi connectivity index (χ0) is 13.1. The maximum absolute atomic E-state index is 11.2. The minimum Gasteiger partial charge on any atom is -0.478 e. The third-order valence-electron chi connectivity index (χ3n) is 2.23. The van der Waals surface area contributed by atoms with Gasteiger partial charge in [-0.1, -0.05) is 22.0 Å². The Labute approximate surface area is 121 Å². The molecule has 2 aromatic carbocycles. The Kier molecular flexibility index (Phi) is 4.04. The number of halogens is 2. The highest BCUT2D eigenvalue weighted by Crippen LogP contribution is 2.31. The molecule has 0 atom stereocenters. The van der Waals surface area contributed by atoms with E-state index in [0.717, 1.165) is 4.47 Å². The fourth-order valence-electron chi connectivity index (χ4n) is 1.43. The Morgan fingerprint density at radius 3 is 2.33 bits per heavy atom. The number of benzene rings is 2. The summed E-state index contributed by atoms with van der Waals surface area (Å²) < 4.78 is 7.00. The van der Waals surface area contributed by atoms with E-state index in [0.29, 0.717) is 16.0 Å². The summed E-state index contributed by atoms with van der Waals surface area (Å²) >= 11 is 6.53. The molecular weight excluding hydrogens is 364 g/mol. The van der Waals surface area contributed by atoms with Crippen LogP contribution in [0.3, 0.4) is 0 Å². The highest BCUT2D eigenvalue weighted by molar-refractivity contribution is 9.10. The van der Waals surface area contributed by atoms with Crippen LogP contribution in [0.15, 0.2) is 51.4 Å². The van der Waals surface area contributed by atoms with Crippen molar-refractivity contribution in [2.45, 2.75) is 0 Å². The molecule has 3 nitrogen and oxygen atoms in total. The zero-order valence-electron chi connectivity index (χ0n) is 9.06. The first-order valence-electron chi connectivity index (χ1n) is 5.03. The lowest BCUT2D eigenvalue weighted by molar-refractivity contribution is 0.0693. The van der Waals surface area contributed by atoms with Crippen molar-refractivity contribution in [3.8, 4) is 11.5 Å². The summed E-state index contributed by atoms with van der Waals surface area (Å²) in [6.07, 6.45) is 0. The minimum absolute atomic E-state index is 0.111. The van der Waals surface area contributed by atoms with Crippen LogP contribution < -0.4 is 4.74 Å². The number of rotatable bonds is 3. The maximum Gasteiger partial charge on any atom is 0.340 e. The number of aromatic carboxylic acids is 1. The number of carbonyl (C=O) groups is 1. The van der Waals surface area contributed by atoms with E-state index in [-0.39, 0.29) is 5.56 Å². The number of hydrogen-bond acceptors (Lipinski definition) is 2. The summed E-state index contributed by atoms with van der Waals surface area (Å²) in [5.41, 5.74) is 0.111. The maximum atomic E-state index is 11.2. The largest absolute Gasteiger partial charge is 0.478 e. The average Bonchev–Trinajstić information content (AvgIpc) is 2.32. The van der Waals surface area contributed by atoms with E-state index >= 15 is 0 Å². The summed E-state index contributed by atoms with van der Waals surface area (Å²) in [7, 11) is 0. The molecule has 5 heteroatoms. The van der Waals surface area contributed by atoms with Gasteiger partial charge in [0.1, 0.15) is 17.1 Å². The summed E-state index contributed by atoms with van der Waals surface area (Å²) in [4.78, 5) is 11.2. The molecule has 0 fully saturated rings. The van der Waals surface area contributed by atoms with Crippen LogP contribution in [0, 0.1) is 0 Å². The molecule has 18 heavy (non-hydrogen) atoms. The third-order valence-corrected chi connectivity index (χ3v) is 3.42. The second-order valence-electron chi connectivity index (χ2n) is 3.47. The van der Waals surface area contributed by atoms with Crippen molar-refractivity contribution in [2.75, 3.05) is 0 Å². The molecule has 0 bridgehead atoms. The minimum atomic E-state index is -1.03. The molecule has 0 heterocycles. The second kappa shape index (κ2) is 5.54.